The van der Waals surface area contributed by atoms with Crippen LogP contribution >= 0.6 is 0 Å². The van der Waals surface area contributed by atoms with E-state index < -0.39 is 27.9 Å². The average Bonchev–Trinajstić information content (AvgIpc) is 2.97. The van der Waals surface area contributed by atoms with Crippen molar-refractivity contribution < 1.29 is 18.0 Å². The minimum absolute atomic E-state index is 0.000509. The largest absolute Gasteiger partial charge is 0.324 e. The van der Waals surface area contributed by atoms with Crippen LogP contribution in [0.3, 0.4) is 0 Å². The standard InChI is InChI=1S/C19H20N2O4S/c1-13-10-14(2)12-15(11-13)20-19(23)17-8-9-18(22)21(17)26(24,25)16-6-4-3-5-7-16/h3-7,10-12,17H,8-9H2,1-2H3,(H,20,23)/t17-/m0/s1. The zero-order valence-corrected chi connectivity index (χ0v) is 15.4. The lowest BCUT2D eigenvalue weighted by Crippen LogP contribution is -2.45. The number of sulfonamides is 1. The third-order valence-corrected chi connectivity index (χ3v) is 6.10. The summed E-state index contributed by atoms with van der Waals surface area (Å²) >= 11 is 0. The van der Waals surface area contributed by atoms with Crippen molar-refractivity contribution in [3.63, 3.8) is 0 Å². The summed E-state index contributed by atoms with van der Waals surface area (Å²) in [6.07, 6.45) is 0.193. The summed E-state index contributed by atoms with van der Waals surface area (Å²) in [7, 11) is -4.07. The first-order valence-corrected chi connectivity index (χ1v) is 9.74. The highest BCUT2D eigenvalue weighted by Crippen LogP contribution is 2.28. The van der Waals surface area contributed by atoms with E-state index in [4.69, 9.17) is 0 Å². The highest BCUT2D eigenvalue weighted by Gasteiger charge is 2.44. The van der Waals surface area contributed by atoms with Crippen LogP contribution in [-0.2, 0) is 19.6 Å². The number of hydrogen-bond donors (Lipinski definition) is 1. The fraction of sp³-hybridized carbons (Fsp3) is 0.263. The maximum atomic E-state index is 12.8. The molecule has 1 atom stereocenters. The summed E-state index contributed by atoms with van der Waals surface area (Å²) in [6, 6.07) is 12.2. The number of carbonyl (C=O) groups is 2. The van der Waals surface area contributed by atoms with Crippen molar-refractivity contribution in [1.29, 1.82) is 0 Å². The molecule has 0 radical (unpaired) electrons. The van der Waals surface area contributed by atoms with E-state index in [1.54, 1.807) is 30.3 Å². The summed E-state index contributed by atoms with van der Waals surface area (Å²) in [4.78, 5) is 24.9. The lowest BCUT2D eigenvalue weighted by Gasteiger charge is -2.23. The number of amides is 2. The minimum Gasteiger partial charge on any atom is -0.324 e. The van der Waals surface area contributed by atoms with E-state index in [9.17, 15) is 18.0 Å². The van der Waals surface area contributed by atoms with Gasteiger partial charge in [0.25, 0.3) is 10.0 Å². The van der Waals surface area contributed by atoms with E-state index in [2.05, 4.69) is 5.32 Å². The number of rotatable bonds is 4. The predicted octanol–water partition coefficient (Wildman–Crippen LogP) is 2.62. The number of aryl methyl sites for hydroxylation is 2. The Labute approximate surface area is 152 Å². The van der Waals surface area contributed by atoms with Gasteiger partial charge in [0.1, 0.15) is 6.04 Å². The van der Waals surface area contributed by atoms with E-state index in [0.29, 0.717) is 5.69 Å². The SMILES string of the molecule is Cc1cc(C)cc(NC(=O)[C@@H]2CCC(=O)N2S(=O)(=O)c2ccccc2)c1. The van der Waals surface area contributed by atoms with Crippen LogP contribution in [-0.4, -0.2) is 30.6 Å². The predicted molar refractivity (Wildman–Crippen MR) is 98.0 cm³/mol. The van der Waals surface area contributed by atoms with Crippen LogP contribution in [0, 0.1) is 13.8 Å². The number of anilines is 1. The second-order valence-corrected chi connectivity index (χ2v) is 8.24. The van der Waals surface area contributed by atoms with Crippen LogP contribution in [0.25, 0.3) is 0 Å². The molecule has 2 amide bonds. The van der Waals surface area contributed by atoms with Gasteiger partial charge in [-0.05, 0) is 55.7 Å². The molecule has 6 nitrogen and oxygen atoms in total. The molecule has 136 valence electrons. The first-order valence-electron chi connectivity index (χ1n) is 8.30. The van der Waals surface area contributed by atoms with Crippen molar-refractivity contribution in [2.24, 2.45) is 0 Å². The van der Waals surface area contributed by atoms with Crippen molar-refractivity contribution >= 4 is 27.5 Å². The van der Waals surface area contributed by atoms with Gasteiger partial charge in [-0.3, -0.25) is 9.59 Å². The molecule has 2 aromatic carbocycles. The van der Waals surface area contributed by atoms with Gasteiger partial charge in [0, 0.05) is 12.1 Å². The molecule has 2 aromatic rings. The van der Waals surface area contributed by atoms with Crippen molar-refractivity contribution in [3.8, 4) is 0 Å². The van der Waals surface area contributed by atoms with Gasteiger partial charge in [-0.1, -0.05) is 24.3 Å². The molecule has 1 N–H and O–H groups in total. The number of nitrogens with one attached hydrogen (secondary N) is 1. The molecule has 1 saturated heterocycles. The quantitative estimate of drug-likeness (QED) is 0.894. The number of nitrogens with zero attached hydrogens (tertiary/aromatic N) is 1. The molecule has 0 aromatic heterocycles. The Morgan fingerprint density at radius 1 is 1.08 bits per heavy atom. The number of carbonyl (C=O) groups excluding carboxylic acids is 2. The van der Waals surface area contributed by atoms with Crippen LogP contribution in [0.1, 0.15) is 24.0 Å². The van der Waals surface area contributed by atoms with E-state index in [1.807, 2.05) is 19.9 Å². The molecule has 1 aliphatic rings. The topological polar surface area (TPSA) is 83.6 Å². The smallest absolute Gasteiger partial charge is 0.267 e. The van der Waals surface area contributed by atoms with Gasteiger partial charge in [0.2, 0.25) is 11.8 Å². The third kappa shape index (κ3) is 3.48. The first kappa shape index (κ1) is 18.1. The molecule has 0 aliphatic carbocycles. The van der Waals surface area contributed by atoms with Gasteiger partial charge in [-0.2, -0.15) is 0 Å². The fourth-order valence-electron chi connectivity index (χ4n) is 3.18. The highest BCUT2D eigenvalue weighted by molar-refractivity contribution is 7.89. The second kappa shape index (κ2) is 6.92. The maximum absolute atomic E-state index is 12.8. The molecular weight excluding hydrogens is 352 g/mol. The van der Waals surface area contributed by atoms with Crippen LogP contribution in [0.15, 0.2) is 53.4 Å². The van der Waals surface area contributed by atoms with Crippen LogP contribution in [0.5, 0.6) is 0 Å². The van der Waals surface area contributed by atoms with Gasteiger partial charge >= 0.3 is 0 Å². The molecule has 1 heterocycles. The monoisotopic (exact) mass is 372 g/mol. The Morgan fingerprint density at radius 3 is 2.31 bits per heavy atom. The average molecular weight is 372 g/mol. The van der Waals surface area contributed by atoms with Crippen molar-refractivity contribution in [2.75, 3.05) is 5.32 Å². The van der Waals surface area contributed by atoms with Gasteiger partial charge in [0.05, 0.1) is 4.90 Å². The Hall–Kier alpha value is -2.67. The Bertz CT molecular complexity index is 935. The van der Waals surface area contributed by atoms with Crippen molar-refractivity contribution in [1.82, 2.24) is 4.31 Å². The number of benzene rings is 2. The molecule has 0 spiro atoms. The van der Waals surface area contributed by atoms with Gasteiger partial charge in [-0.15, -0.1) is 0 Å². The molecule has 0 saturated carbocycles. The van der Waals surface area contributed by atoms with E-state index in [1.165, 1.54) is 12.1 Å². The van der Waals surface area contributed by atoms with Gasteiger partial charge in [-0.25, -0.2) is 12.7 Å². The second-order valence-electron chi connectivity index (χ2n) is 6.43. The van der Waals surface area contributed by atoms with Crippen LogP contribution < -0.4 is 5.32 Å². The maximum Gasteiger partial charge on any atom is 0.267 e. The molecule has 7 heteroatoms. The van der Waals surface area contributed by atoms with E-state index in [-0.39, 0.29) is 17.7 Å². The van der Waals surface area contributed by atoms with Crippen LogP contribution in [0.2, 0.25) is 0 Å². The van der Waals surface area contributed by atoms with E-state index >= 15 is 0 Å². The normalized spacial score (nSPS) is 17.4. The molecule has 0 unspecified atom stereocenters. The van der Waals surface area contributed by atoms with Crippen molar-refractivity contribution in [3.05, 3.63) is 59.7 Å². The minimum atomic E-state index is -4.07. The summed E-state index contributed by atoms with van der Waals surface area (Å²) < 4.78 is 26.4. The zero-order valence-electron chi connectivity index (χ0n) is 14.6. The highest BCUT2D eigenvalue weighted by atomic mass is 32.2. The van der Waals surface area contributed by atoms with E-state index in [0.717, 1.165) is 15.4 Å². The molecule has 3 rings (SSSR count). The molecular formula is C19H20N2O4S. The first-order chi connectivity index (χ1) is 12.3. The molecule has 26 heavy (non-hydrogen) atoms. The van der Waals surface area contributed by atoms with Gasteiger partial charge < -0.3 is 5.32 Å². The summed E-state index contributed by atoms with van der Waals surface area (Å²) in [6.45, 7) is 3.82. The Balaban J connectivity index is 1.89. The lowest BCUT2D eigenvalue weighted by atomic mass is 10.1. The summed E-state index contributed by atoms with van der Waals surface area (Å²) in [5.41, 5.74) is 2.55. The molecule has 0 bridgehead atoms. The summed E-state index contributed by atoms with van der Waals surface area (Å²) in [5.74, 6) is -1.06. The zero-order chi connectivity index (χ0) is 18.9. The van der Waals surface area contributed by atoms with Crippen molar-refractivity contribution in [2.45, 2.75) is 37.6 Å². The molecule has 1 fully saturated rings. The van der Waals surface area contributed by atoms with Gasteiger partial charge in [0.15, 0.2) is 0 Å². The third-order valence-electron chi connectivity index (χ3n) is 4.25. The Morgan fingerprint density at radius 2 is 1.69 bits per heavy atom. The Kier molecular flexibility index (Phi) is 4.82. The number of hydrogen-bond acceptors (Lipinski definition) is 4. The molecule has 1 aliphatic heterocycles. The van der Waals surface area contributed by atoms with Crippen LogP contribution in [0.4, 0.5) is 5.69 Å². The summed E-state index contributed by atoms with van der Waals surface area (Å²) in [5, 5.41) is 2.74. The fourth-order valence-corrected chi connectivity index (χ4v) is 4.80. The lowest BCUT2D eigenvalue weighted by molar-refractivity contribution is -0.128.